The van der Waals surface area contributed by atoms with E-state index in [4.69, 9.17) is 2.78 Å². The van der Waals surface area contributed by atoms with Gasteiger partial charge in [-0.1, -0.05) is 0 Å². The van der Waals surface area contributed by atoms with Crippen LogP contribution in [-0.4, -0.2) is 18.7 Å². The number of nitrogens with one attached hydrogen (secondary N) is 1. The molecule has 0 aromatic carbocycles. The zero-order valence-corrected chi connectivity index (χ0v) is 4.32. The first kappa shape index (κ1) is 3.02. The summed E-state index contributed by atoms with van der Waals surface area (Å²) in [4.78, 5) is 0. The quantitative estimate of drug-likeness (QED) is 0.478. The highest BCUT2D eigenvalue weighted by Crippen LogP contribution is 2.07. The summed E-state index contributed by atoms with van der Waals surface area (Å²) in [5.41, 5.74) is 0. The molecule has 1 N–H and O–H groups in total. The van der Waals surface area contributed by atoms with E-state index in [0.29, 0.717) is 0 Å². The van der Waals surface area contributed by atoms with E-state index in [0.717, 1.165) is 5.31 Å². The molecule has 1 rings (SSSR count). The fourth-order valence-corrected chi connectivity index (χ4v) is 0.705. The Balaban J connectivity index is 2.58. The van der Waals surface area contributed by atoms with Crippen LogP contribution in [-0.2, 0) is 0 Å². The second-order valence-electron chi connectivity index (χ2n) is 1.88. The molecular weight excluding hydrogens is 93.1 g/mol. The lowest BCUT2D eigenvalue weighted by atomic mass is 10.2. The molecule has 2 atom stereocenters. The third kappa shape index (κ3) is 1.13. The summed E-state index contributed by atoms with van der Waals surface area (Å²) >= 11 is 0. The van der Waals surface area contributed by atoms with Gasteiger partial charge in [0.05, 0.1) is 0 Å². The van der Waals surface area contributed by atoms with Crippen molar-refractivity contribution in [3.05, 3.63) is 0 Å². The first-order chi connectivity index (χ1) is 4.02. The summed E-state index contributed by atoms with van der Waals surface area (Å²) in [6, 6.07) is -1.00. The average molecular weight is 105 g/mol. The molecule has 1 saturated heterocycles. The Labute approximate surface area is 45.8 Å². The molecule has 2 heteroatoms. The second kappa shape index (κ2) is 1.78. The number of halogens is 1. The average Bonchev–Trinajstić information content (AvgIpc) is 1.79. The maximum absolute atomic E-state index is 12.4. The molecule has 7 heavy (non-hydrogen) atoms. The molecule has 1 aliphatic rings. The molecule has 42 valence electrons. The summed E-state index contributed by atoms with van der Waals surface area (Å²) in [5, 5.41) is 0.984. The number of hydrogen-bond donors (Lipinski definition) is 1. The Bertz CT molecular complexity index is 118. The molecule has 1 fully saturated rings. The molecule has 0 bridgehead atoms. The maximum Gasteiger partial charge on any atom is 0.123 e. The standard InChI is InChI=1S/C5H10FN/c1-4-2-5(6)3-7-4/h4-5,7H,2-3H2,1H3/t4-,5+/m0/s1/i4D/hD. The normalized spacial score (nSPS) is 59.4. The molecule has 1 nitrogen and oxygen atoms in total. The second-order valence-corrected chi connectivity index (χ2v) is 1.88. The van der Waals surface area contributed by atoms with Gasteiger partial charge in [0.15, 0.2) is 0 Å². The Kier molecular flexibility index (Phi) is 0.770. The van der Waals surface area contributed by atoms with Crippen LogP contribution in [0.1, 0.15) is 14.7 Å². The van der Waals surface area contributed by atoms with Crippen LogP contribution in [0.3, 0.4) is 0 Å². The monoisotopic (exact) mass is 105 g/mol. The van der Waals surface area contributed by atoms with Gasteiger partial charge in [-0.2, -0.15) is 0 Å². The molecule has 0 aromatic heterocycles. The van der Waals surface area contributed by atoms with Crippen molar-refractivity contribution in [2.45, 2.75) is 25.5 Å². The molecule has 0 radical (unpaired) electrons. The van der Waals surface area contributed by atoms with Gasteiger partial charge in [0.1, 0.15) is 7.58 Å². The van der Waals surface area contributed by atoms with Crippen LogP contribution in [0, 0.1) is 0 Å². The molecule has 0 amide bonds. The van der Waals surface area contributed by atoms with Crippen LogP contribution >= 0.6 is 0 Å². The molecule has 0 aromatic rings. The van der Waals surface area contributed by atoms with Crippen LogP contribution in [0.25, 0.3) is 0 Å². The highest BCUT2D eigenvalue weighted by atomic mass is 19.1. The van der Waals surface area contributed by atoms with Gasteiger partial charge in [0, 0.05) is 13.9 Å². The SMILES string of the molecule is [2H]N1C[C@H](F)C[C@]1([2H])C. The van der Waals surface area contributed by atoms with Gasteiger partial charge < -0.3 is 5.31 Å². The number of rotatable bonds is 0. The molecule has 0 spiro atoms. The fraction of sp³-hybridized carbons (Fsp3) is 1.00. The summed E-state index contributed by atoms with van der Waals surface area (Å²) in [5.74, 6) is 0. The van der Waals surface area contributed by atoms with Gasteiger partial charge in [-0.3, -0.25) is 0 Å². The van der Waals surface area contributed by atoms with Crippen molar-refractivity contribution in [1.29, 1.82) is 0 Å². The lowest BCUT2D eigenvalue weighted by molar-refractivity contribution is 0.357. The van der Waals surface area contributed by atoms with E-state index in [9.17, 15) is 4.39 Å². The van der Waals surface area contributed by atoms with Crippen LogP contribution in [0.5, 0.6) is 0 Å². The van der Waals surface area contributed by atoms with Crippen molar-refractivity contribution in [3.8, 4) is 0 Å². The van der Waals surface area contributed by atoms with Crippen molar-refractivity contribution >= 4 is 0 Å². The first-order valence-corrected chi connectivity index (χ1v) is 2.43. The zero-order valence-electron chi connectivity index (χ0n) is 6.32. The molecule has 0 aliphatic carbocycles. The van der Waals surface area contributed by atoms with Crippen molar-refractivity contribution < 1.29 is 7.17 Å². The van der Waals surface area contributed by atoms with Crippen LogP contribution in [0.15, 0.2) is 0 Å². The van der Waals surface area contributed by atoms with Gasteiger partial charge in [-0.15, -0.1) is 0 Å². The minimum Gasteiger partial charge on any atom is -0.311 e. The Morgan fingerprint density at radius 2 is 2.86 bits per heavy atom. The Morgan fingerprint density at radius 1 is 2.14 bits per heavy atom. The van der Waals surface area contributed by atoms with Gasteiger partial charge in [-0.05, 0) is 13.3 Å². The predicted octanol–water partition coefficient (Wildman–Crippen LogP) is 0.706. The smallest absolute Gasteiger partial charge is 0.123 e. The van der Waals surface area contributed by atoms with E-state index >= 15 is 0 Å². The molecular formula is C5H10FN. The summed E-state index contributed by atoms with van der Waals surface area (Å²) in [7, 11) is 0. The minimum absolute atomic E-state index is 0.0833. The summed E-state index contributed by atoms with van der Waals surface area (Å²) in [6.45, 7) is 1.64. The summed E-state index contributed by atoms with van der Waals surface area (Å²) < 4.78 is 26.8. The maximum atomic E-state index is 12.4. The lowest BCUT2D eigenvalue weighted by Crippen LogP contribution is -2.16. The van der Waals surface area contributed by atoms with Crippen molar-refractivity contribution in [3.63, 3.8) is 0 Å². The van der Waals surface area contributed by atoms with Crippen LogP contribution < -0.4 is 5.31 Å². The van der Waals surface area contributed by atoms with Crippen molar-refractivity contribution in [2.75, 3.05) is 6.54 Å². The van der Waals surface area contributed by atoms with E-state index < -0.39 is 12.2 Å². The minimum atomic E-state index is -1.00. The predicted molar refractivity (Wildman–Crippen MR) is 27.0 cm³/mol. The van der Waals surface area contributed by atoms with E-state index in [1.807, 2.05) is 0 Å². The largest absolute Gasteiger partial charge is 0.311 e. The van der Waals surface area contributed by atoms with Crippen LogP contribution in [0.2, 0.25) is 1.41 Å². The Morgan fingerprint density at radius 3 is 3.00 bits per heavy atom. The third-order valence-corrected chi connectivity index (χ3v) is 1.08. The third-order valence-electron chi connectivity index (χ3n) is 1.08. The molecule has 0 unspecified atom stereocenters. The number of alkyl halides is 1. The molecule has 1 heterocycles. The lowest BCUT2D eigenvalue weighted by Gasteiger charge is -1.94. The van der Waals surface area contributed by atoms with E-state index in [1.54, 1.807) is 6.92 Å². The number of hydrogen-bond acceptors (Lipinski definition) is 1. The van der Waals surface area contributed by atoms with Crippen molar-refractivity contribution in [1.82, 2.24) is 5.31 Å². The van der Waals surface area contributed by atoms with Crippen LogP contribution in [0.4, 0.5) is 4.39 Å². The topological polar surface area (TPSA) is 12.0 Å². The van der Waals surface area contributed by atoms with E-state index in [-0.39, 0.29) is 13.0 Å². The highest BCUT2D eigenvalue weighted by molar-refractivity contribution is 4.76. The molecule has 1 aliphatic heterocycles. The Hall–Kier alpha value is -0.110. The van der Waals surface area contributed by atoms with Gasteiger partial charge in [-0.25, -0.2) is 4.39 Å². The van der Waals surface area contributed by atoms with Gasteiger partial charge in [0.25, 0.3) is 0 Å². The molecule has 0 saturated carbocycles. The highest BCUT2D eigenvalue weighted by Gasteiger charge is 2.18. The van der Waals surface area contributed by atoms with Gasteiger partial charge in [0.2, 0.25) is 0 Å². The van der Waals surface area contributed by atoms with E-state index in [2.05, 4.69) is 0 Å². The first-order valence-electron chi connectivity index (χ1n) is 3.38. The zero-order chi connectivity index (χ0) is 7.07. The van der Waals surface area contributed by atoms with Crippen molar-refractivity contribution in [2.24, 2.45) is 0 Å². The van der Waals surface area contributed by atoms with E-state index in [1.165, 1.54) is 0 Å². The van der Waals surface area contributed by atoms with Gasteiger partial charge >= 0.3 is 0 Å². The fourth-order valence-electron chi connectivity index (χ4n) is 0.705. The summed E-state index contributed by atoms with van der Waals surface area (Å²) in [6.07, 6.45) is -0.818.